The molecule has 3 N–H and O–H groups in total. The monoisotopic (exact) mass is 281 g/mol. The Kier molecular flexibility index (Phi) is 3.98. The molecule has 7 heteroatoms. The zero-order valence-electron chi connectivity index (χ0n) is 10.5. The Labute approximate surface area is 111 Å². The van der Waals surface area contributed by atoms with E-state index in [1.54, 1.807) is 25.1 Å². The number of rotatable bonds is 5. The van der Waals surface area contributed by atoms with E-state index >= 15 is 0 Å². The van der Waals surface area contributed by atoms with Crippen LogP contribution in [0.1, 0.15) is 16.9 Å². The summed E-state index contributed by atoms with van der Waals surface area (Å²) in [4.78, 5) is 0.231. The summed E-state index contributed by atoms with van der Waals surface area (Å²) in [5, 5.41) is 3.51. The molecule has 0 spiro atoms. The molecule has 1 heterocycles. The number of aromatic nitrogens is 1. The number of sulfonamides is 1. The van der Waals surface area contributed by atoms with Crippen molar-refractivity contribution in [3.8, 4) is 0 Å². The molecule has 0 aliphatic carbocycles. The Morgan fingerprint density at radius 3 is 2.79 bits per heavy atom. The molecular weight excluding hydrogens is 266 g/mol. The predicted molar refractivity (Wildman–Crippen MR) is 69.6 cm³/mol. The van der Waals surface area contributed by atoms with Crippen molar-refractivity contribution in [3.05, 3.63) is 47.3 Å². The minimum atomic E-state index is -3.59. The first-order chi connectivity index (χ1) is 9.03. The predicted octanol–water partition coefficient (Wildman–Crippen LogP) is 0.920. The Morgan fingerprint density at radius 1 is 1.37 bits per heavy atom. The highest BCUT2D eigenvalue weighted by atomic mass is 32.2. The van der Waals surface area contributed by atoms with Gasteiger partial charge in [-0.25, -0.2) is 13.1 Å². The fourth-order valence-electron chi connectivity index (χ4n) is 1.64. The minimum Gasteiger partial charge on any atom is -0.360 e. The van der Waals surface area contributed by atoms with Gasteiger partial charge in [0.1, 0.15) is 0 Å². The fourth-order valence-corrected chi connectivity index (χ4v) is 2.92. The number of aryl methyl sites for hydroxylation is 1. The van der Waals surface area contributed by atoms with Crippen molar-refractivity contribution in [1.82, 2.24) is 9.88 Å². The van der Waals surface area contributed by atoms with Crippen molar-refractivity contribution in [2.45, 2.75) is 24.9 Å². The molecule has 0 fully saturated rings. The standard InChI is InChI=1S/C12H15N3O3S/c1-9-2-3-10(7-13)6-12(9)19(16,17)15-8-11-4-5-14-18-11/h2-6,15H,7-8,13H2,1H3. The fraction of sp³-hybridized carbons (Fsp3) is 0.250. The van der Waals surface area contributed by atoms with Gasteiger partial charge in [0.05, 0.1) is 17.6 Å². The molecule has 102 valence electrons. The molecule has 1 aromatic carbocycles. The van der Waals surface area contributed by atoms with Crippen LogP contribution in [0, 0.1) is 6.92 Å². The summed E-state index contributed by atoms with van der Waals surface area (Å²) >= 11 is 0. The van der Waals surface area contributed by atoms with E-state index in [-0.39, 0.29) is 11.4 Å². The van der Waals surface area contributed by atoms with Gasteiger partial charge in [-0.2, -0.15) is 0 Å². The van der Waals surface area contributed by atoms with E-state index in [1.165, 1.54) is 6.20 Å². The van der Waals surface area contributed by atoms with Crippen molar-refractivity contribution in [2.75, 3.05) is 0 Å². The molecule has 0 atom stereocenters. The lowest BCUT2D eigenvalue weighted by atomic mass is 10.1. The summed E-state index contributed by atoms with van der Waals surface area (Å²) < 4.78 is 31.7. The Hall–Kier alpha value is -1.70. The van der Waals surface area contributed by atoms with Gasteiger partial charge in [0.25, 0.3) is 0 Å². The van der Waals surface area contributed by atoms with E-state index < -0.39 is 10.0 Å². The second-order valence-corrected chi connectivity index (χ2v) is 5.84. The molecule has 0 saturated heterocycles. The van der Waals surface area contributed by atoms with Crippen molar-refractivity contribution < 1.29 is 12.9 Å². The van der Waals surface area contributed by atoms with Crippen LogP contribution in [0.25, 0.3) is 0 Å². The first kappa shape index (κ1) is 13.7. The average molecular weight is 281 g/mol. The van der Waals surface area contributed by atoms with E-state index in [0.29, 0.717) is 17.9 Å². The molecule has 6 nitrogen and oxygen atoms in total. The first-order valence-electron chi connectivity index (χ1n) is 5.72. The van der Waals surface area contributed by atoms with Gasteiger partial charge in [0.2, 0.25) is 10.0 Å². The van der Waals surface area contributed by atoms with Crippen LogP contribution in [0.5, 0.6) is 0 Å². The van der Waals surface area contributed by atoms with Crippen molar-refractivity contribution in [1.29, 1.82) is 0 Å². The third-order valence-electron chi connectivity index (χ3n) is 2.71. The van der Waals surface area contributed by atoms with Crippen molar-refractivity contribution in [2.24, 2.45) is 5.73 Å². The van der Waals surface area contributed by atoms with Crippen LogP contribution in [0.4, 0.5) is 0 Å². The van der Waals surface area contributed by atoms with E-state index in [0.717, 1.165) is 5.56 Å². The van der Waals surface area contributed by atoms with Crippen LogP contribution >= 0.6 is 0 Å². The summed E-state index contributed by atoms with van der Waals surface area (Å²) in [6, 6.07) is 6.74. The summed E-state index contributed by atoms with van der Waals surface area (Å²) in [6.45, 7) is 2.10. The maximum atomic E-state index is 12.2. The molecule has 0 aliphatic heterocycles. The maximum Gasteiger partial charge on any atom is 0.241 e. The van der Waals surface area contributed by atoms with Crippen LogP contribution in [0.3, 0.4) is 0 Å². The minimum absolute atomic E-state index is 0.0641. The molecule has 0 saturated carbocycles. The molecule has 1 aromatic heterocycles. The number of nitrogens with one attached hydrogen (secondary N) is 1. The second kappa shape index (κ2) is 5.52. The molecule has 0 unspecified atom stereocenters. The molecular formula is C12H15N3O3S. The van der Waals surface area contributed by atoms with Gasteiger partial charge < -0.3 is 10.3 Å². The van der Waals surface area contributed by atoms with Gasteiger partial charge >= 0.3 is 0 Å². The van der Waals surface area contributed by atoms with E-state index in [4.69, 9.17) is 10.3 Å². The quantitative estimate of drug-likeness (QED) is 0.849. The van der Waals surface area contributed by atoms with Crippen LogP contribution < -0.4 is 10.5 Å². The van der Waals surface area contributed by atoms with Gasteiger partial charge in [-0.1, -0.05) is 17.3 Å². The Bertz CT molecular complexity index is 651. The van der Waals surface area contributed by atoms with E-state index in [9.17, 15) is 8.42 Å². The van der Waals surface area contributed by atoms with E-state index in [2.05, 4.69) is 9.88 Å². The molecule has 0 aliphatic rings. The van der Waals surface area contributed by atoms with Crippen LogP contribution in [-0.2, 0) is 23.1 Å². The molecule has 2 rings (SSSR count). The molecule has 0 bridgehead atoms. The van der Waals surface area contributed by atoms with Gasteiger partial charge in [-0.15, -0.1) is 0 Å². The average Bonchev–Trinajstić information content (AvgIpc) is 2.90. The summed E-state index contributed by atoms with van der Waals surface area (Å²) in [5.41, 5.74) is 6.96. The number of nitrogens with two attached hydrogens (primary N) is 1. The summed E-state index contributed by atoms with van der Waals surface area (Å²) in [5.74, 6) is 0.455. The zero-order chi connectivity index (χ0) is 13.9. The summed E-state index contributed by atoms with van der Waals surface area (Å²) in [6.07, 6.45) is 1.46. The Morgan fingerprint density at radius 2 is 2.16 bits per heavy atom. The van der Waals surface area contributed by atoms with Crippen LogP contribution in [-0.4, -0.2) is 13.6 Å². The lowest BCUT2D eigenvalue weighted by Crippen LogP contribution is -2.24. The molecule has 0 radical (unpaired) electrons. The van der Waals surface area contributed by atoms with Crippen LogP contribution in [0.2, 0.25) is 0 Å². The third kappa shape index (κ3) is 3.19. The van der Waals surface area contributed by atoms with Gasteiger partial charge in [-0.3, -0.25) is 0 Å². The lowest BCUT2D eigenvalue weighted by Gasteiger charge is -2.09. The highest BCUT2D eigenvalue weighted by Crippen LogP contribution is 2.17. The zero-order valence-corrected chi connectivity index (χ0v) is 11.3. The van der Waals surface area contributed by atoms with Gasteiger partial charge in [-0.05, 0) is 24.1 Å². The lowest BCUT2D eigenvalue weighted by molar-refractivity contribution is 0.380. The first-order valence-corrected chi connectivity index (χ1v) is 7.20. The number of hydrogen-bond donors (Lipinski definition) is 2. The molecule has 0 amide bonds. The van der Waals surface area contributed by atoms with Crippen molar-refractivity contribution in [3.63, 3.8) is 0 Å². The number of hydrogen-bond acceptors (Lipinski definition) is 5. The SMILES string of the molecule is Cc1ccc(CN)cc1S(=O)(=O)NCc1ccno1. The summed E-state index contributed by atoms with van der Waals surface area (Å²) in [7, 11) is -3.59. The second-order valence-electron chi connectivity index (χ2n) is 4.11. The third-order valence-corrected chi connectivity index (χ3v) is 4.25. The number of benzene rings is 1. The maximum absolute atomic E-state index is 12.2. The van der Waals surface area contributed by atoms with Gasteiger partial charge in [0.15, 0.2) is 5.76 Å². The highest BCUT2D eigenvalue weighted by Gasteiger charge is 2.17. The van der Waals surface area contributed by atoms with Crippen LogP contribution in [0.15, 0.2) is 39.9 Å². The molecule has 19 heavy (non-hydrogen) atoms. The van der Waals surface area contributed by atoms with Crippen molar-refractivity contribution >= 4 is 10.0 Å². The van der Waals surface area contributed by atoms with E-state index in [1.807, 2.05) is 6.07 Å². The molecule has 2 aromatic rings. The number of nitrogens with zero attached hydrogens (tertiary/aromatic N) is 1. The largest absolute Gasteiger partial charge is 0.360 e. The topological polar surface area (TPSA) is 98.2 Å². The normalized spacial score (nSPS) is 11.7. The smallest absolute Gasteiger partial charge is 0.241 e. The van der Waals surface area contributed by atoms with Gasteiger partial charge in [0, 0.05) is 12.6 Å². The highest BCUT2D eigenvalue weighted by molar-refractivity contribution is 7.89. The Balaban J connectivity index is 2.23.